The molecular weight excluding hydrogens is 272 g/mol. The molecule has 9 nitrogen and oxygen atoms in total. The fourth-order valence-corrected chi connectivity index (χ4v) is 1.68. The van der Waals surface area contributed by atoms with Crippen LogP contribution in [0.15, 0.2) is 12.1 Å². The van der Waals surface area contributed by atoms with Crippen molar-refractivity contribution in [2.75, 3.05) is 13.4 Å². The molecule has 1 aromatic rings. The summed E-state index contributed by atoms with van der Waals surface area (Å²) in [6.07, 6.45) is -1.23. The van der Waals surface area contributed by atoms with Crippen LogP contribution in [-0.2, 0) is 4.74 Å². The van der Waals surface area contributed by atoms with Crippen LogP contribution in [0, 0.1) is 10.1 Å². The molecule has 0 atom stereocenters. The highest BCUT2D eigenvalue weighted by Crippen LogP contribution is 2.38. The van der Waals surface area contributed by atoms with E-state index in [1.807, 2.05) is 0 Å². The SMILES string of the molecule is NC(=O)OCCC(=O)c1cc2c(cc1[N+](=O)[O-])OCO2. The third kappa shape index (κ3) is 2.76. The second-order valence-electron chi connectivity index (χ2n) is 3.82. The van der Waals surface area contributed by atoms with Crippen molar-refractivity contribution in [2.45, 2.75) is 6.42 Å². The van der Waals surface area contributed by atoms with Gasteiger partial charge < -0.3 is 19.9 Å². The maximum absolute atomic E-state index is 11.9. The number of Topliss-reactive ketones (excluding diaryl/α,β-unsaturated/α-hetero) is 1. The molecule has 0 unspecified atom stereocenters. The zero-order chi connectivity index (χ0) is 14.7. The van der Waals surface area contributed by atoms with Gasteiger partial charge in [0.25, 0.3) is 5.69 Å². The van der Waals surface area contributed by atoms with Crippen molar-refractivity contribution in [3.63, 3.8) is 0 Å². The van der Waals surface area contributed by atoms with Gasteiger partial charge in [0.2, 0.25) is 6.79 Å². The quantitative estimate of drug-likeness (QED) is 0.484. The molecule has 0 radical (unpaired) electrons. The molecule has 106 valence electrons. The molecule has 1 aliphatic heterocycles. The Kier molecular flexibility index (Phi) is 3.69. The summed E-state index contributed by atoms with van der Waals surface area (Å²) >= 11 is 0. The average molecular weight is 282 g/mol. The minimum absolute atomic E-state index is 0.0606. The van der Waals surface area contributed by atoms with Gasteiger partial charge in [-0.25, -0.2) is 4.79 Å². The van der Waals surface area contributed by atoms with Gasteiger partial charge in [-0.2, -0.15) is 0 Å². The molecule has 1 aromatic carbocycles. The van der Waals surface area contributed by atoms with Crippen molar-refractivity contribution in [1.82, 2.24) is 0 Å². The maximum Gasteiger partial charge on any atom is 0.404 e. The van der Waals surface area contributed by atoms with Crippen molar-refractivity contribution >= 4 is 17.6 Å². The smallest absolute Gasteiger partial charge is 0.404 e. The number of rotatable bonds is 5. The number of hydrogen-bond donors (Lipinski definition) is 1. The third-order valence-electron chi connectivity index (χ3n) is 2.56. The maximum atomic E-state index is 11.9. The molecule has 0 saturated carbocycles. The topological polar surface area (TPSA) is 131 Å². The minimum Gasteiger partial charge on any atom is -0.454 e. The highest BCUT2D eigenvalue weighted by atomic mass is 16.7. The van der Waals surface area contributed by atoms with Crippen LogP contribution in [0.2, 0.25) is 0 Å². The molecule has 0 bridgehead atoms. The number of carbonyl (C=O) groups excluding carboxylic acids is 2. The Morgan fingerprint density at radius 2 is 2.00 bits per heavy atom. The van der Waals surface area contributed by atoms with Crippen LogP contribution >= 0.6 is 0 Å². The van der Waals surface area contributed by atoms with Gasteiger partial charge in [0.05, 0.1) is 16.6 Å². The highest BCUT2D eigenvalue weighted by Gasteiger charge is 2.26. The van der Waals surface area contributed by atoms with Gasteiger partial charge in [-0.3, -0.25) is 14.9 Å². The number of amides is 1. The van der Waals surface area contributed by atoms with Gasteiger partial charge in [-0.05, 0) is 0 Å². The lowest BCUT2D eigenvalue weighted by Gasteiger charge is -2.04. The summed E-state index contributed by atoms with van der Waals surface area (Å²) in [5, 5.41) is 11.0. The van der Waals surface area contributed by atoms with Gasteiger partial charge in [-0.15, -0.1) is 0 Å². The third-order valence-corrected chi connectivity index (χ3v) is 2.56. The van der Waals surface area contributed by atoms with E-state index in [1.165, 1.54) is 6.07 Å². The van der Waals surface area contributed by atoms with Crippen LogP contribution in [0.4, 0.5) is 10.5 Å². The number of benzene rings is 1. The van der Waals surface area contributed by atoms with Crippen LogP contribution in [0.5, 0.6) is 11.5 Å². The Balaban J connectivity index is 2.23. The van der Waals surface area contributed by atoms with Crippen molar-refractivity contribution in [3.05, 3.63) is 27.8 Å². The van der Waals surface area contributed by atoms with Crippen molar-refractivity contribution in [3.8, 4) is 11.5 Å². The molecule has 0 spiro atoms. The summed E-state index contributed by atoms with van der Waals surface area (Å²) < 4.78 is 14.5. The lowest BCUT2D eigenvalue weighted by Crippen LogP contribution is -2.16. The fraction of sp³-hybridized carbons (Fsp3) is 0.273. The van der Waals surface area contributed by atoms with E-state index in [1.54, 1.807) is 0 Å². The summed E-state index contributed by atoms with van der Waals surface area (Å²) in [4.78, 5) is 32.6. The second-order valence-corrected chi connectivity index (χ2v) is 3.82. The number of hydrogen-bond acceptors (Lipinski definition) is 7. The molecule has 1 amide bonds. The fourth-order valence-electron chi connectivity index (χ4n) is 1.68. The van der Waals surface area contributed by atoms with Crippen LogP contribution < -0.4 is 15.2 Å². The van der Waals surface area contributed by atoms with Crippen LogP contribution in [0.1, 0.15) is 16.8 Å². The van der Waals surface area contributed by atoms with E-state index in [4.69, 9.17) is 15.2 Å². The first-order valence-corrected chi connectivity index (χ1v) is 5.52. The Labute approximate surface area is 112 Å². The Morgan fingerprint density at radius 1 is 1.35 bits per heavy atom. The lowest BCUT2D eigenvalue weighted by molar-refractivity contribution is -0.385. The van der Waals surface area contributed by atoms with E-state index in [9.17, 15) is 19.7 Å². The average Bonchev–Trinajstić information content (AvgIpc) is 2.83. The first kappa shape index (κ1) is 13.6. The number of nitro groups is 1. The summed E-state index contributed by atoms with van der Waals surface area (Å²) in [7, 11) is 0. The number of primary amides is 1. The van der Waals surface area contributed by atoms with Crippen molar-refractivity contribution < 1.29 is 28.7 Å². The predicted molar refractivity (Wildman–Crippen MR) is 63.7 cm³/mol. The molecule has 2 N–H and O–H groups in total. The standard InChI is InChI=1S/C11H10N2O7/c12-11(15)18-2-1-8(14)6-3-9-10(20-5-19-9)4-7(6)13(16)17/h3-4H,1-2,5H2,(H2,12,15). The molecule has 2 rings (SSSR count). The van der Waals surface area contributed by atoms with Crippen LogP contribution in [0.25, 0.3) is 0 Å². The number of fused-ring (bicyclic) bond motifs is 1. The van der Waals surface area contributed by atoms with E-state index in [-0.39, 0.29) is 36.9 Å². The van der Waals surface area contributed by atoms with Gasteiger partial charge in [0.1, 0.15) is 6.61 Å². The largest absolute Gasteiger partial charge is 0.454 e. The number of ether oxygens (including phenoxy) is 3. The molecule has 0 aromatic heterocycles. The first-order chi connectivity index (χ1) is 9.49. The molecule has 9 heteroatoms. The van der Waals surface area contributed by atoms with E-state index < -0.39 is 22.5 Å². The highest BCUT2D eigenvalue weighted by molar-refractivity contribution is 6.00. The van der Waals surface area contributed by atoms with Crippen LogP contribution in [0.3, 0.4) is 0 Å². The number of ketones is 1. The summed E-state index contributed by atoms with van der Waals surface area (Å²) in [5.41, 5.74) is 4.23. The Morgan fingerprint density at radius 3 is 2.60 bits per heavy atom. The van der Waals surface area contributed by atoms with E-state index in [0.717, 1.165) is 6.07 Å². The zero-order valence-electron chi connectivity index (χ0n) is 10.2. The molecule has 1 aliphatic rings. The first-order valence-electron chi connectivity index (χ1n) is 5.52. The number of nitrogens with two attached hydrogens (primary N) is 1. The van der Waals surface area contributed by atoms with Gasteiger partial charge >= 0.3 is 6.09 Å². The zero-order valence-corrected chi connectivity index (χ0v) is 10.2. The van der Waals surface area contributed by atoms with Crippen molar-refractivity contribution in [1.29, 1.82) is 0 Å². The second kappa shape index (κ2) is 5.43. The van der Waals surface area contributed by atoms with Crippen molar-refractivity contribution in [2.24, 2.45) is 5.73 Å². The predicted octanol–water partition coefficient (Wildman–Crippen LogP) is 0.992. The number of nitrogens with zero attached hydrogens (tertiary/aromatic N) is 1. The summed E-state index contributed by atoms with van der Waals surface area (Å²) in [6, 6.07) is 2.37. The number of carbonyl (C=O) groups is 2. The van der Waals surface area contributed by atoms with E-state index in [0.29, 0.717) is 0 Å². The van der Waals surface area contributed by atoms with E-state index in [2.05, 4.69) is 4.74 Å². The number of nitro benzene ring substituents is 1. The normalized spacial score (nSPS) is 12.0. The molecule has 0 aliphatic carbocycles. The van der Waals surface area contributed by atoms with Gasteiger partial charge in [0, 0.05) is 12.5 Å². The summed E-state index contributed by atoms with van der Waals surface area (Å²) in [5.74, 6) is -0.0901. The van der Waals surface area contributed by atoms with Crippen LogP contribution in [-0.4, -0.2) is 30.2 Å². The molecular formula is C11H10N2O7. The lowest BCUT2D eigenvalue weighted by atomic mass is 10.1. The minimum atomic E-state index is -1.02. The van der Waals surface area contributed by atoms with Gasteiger partial charge in [-0.1, -0.05) is 0 Å². The summed E-state index contributed by atoms with van der Waals surface area (Å²) in [6.45, 7) is -0.311. The Hall–Kier alpha value is -2.84. The monoisotopic (exact) mass is 282 g/mol. The van der Waals surface area contributed by atoms with E-state index >= 15 is 0 Å². The molecule has 0 saturated heterocycles. The molecule has 0 fully saturated rings. The molecule has 1 heterocycles. The molecule has 20 heavy (non-hydrogen) atoms. The Bertz CT molecular complexity index is 584. The van der Waals surface area contributed by atoms with Gasteiger partial charge in [0.15, 0.2) is 17.3 Å².